The monoisotopic (exact) mass is 280 g/mol. The first-order valence-corrected chi connectivity index (χ1v) is 6.60. The third-order valence-electron chi connectivity index (χ3n) is 2.91. The molecule has 0 saturated heterocycles. The Bertz CT molecular complexity index is 289. The van der Waals surface area contributed by atoms with Crippen LogP contribution in [0.3, 0.4) is 0 Å². The van der Waals surface area contributed by atoms with Gasteiger partial charge in [0.2, 0.25) is 0 Å². The zero-order valence-corrected chi connectivity index (χ0v) is 11.8. The Kier molecular flexibility index (Phi) is 8.03. The van der Waals surface area contributed by atoms with Crippen molar-refractivity contribution in [3.05, 3.63) is 0 Å². The minimum absolute atomic E-state index is 0.0654. The van der Waals surface area contributed by atoms with Crippen LogP contribution in [0, 0.1) is 11.3 Å². The highest BCUT2D eigenvalue weighted by Crippen LogP contribution is 2.22. The molecule has 0 radical (unpaired) electrons. The summed E-state index contributed by atoms with van der Waals surface area (Å²) >= 11 is 0. The van der Waals surface area contributed by atoms with Gasteiger partial charge in [0.1, 0.15) is 5.54 Å². The number of hydrogen-bond donors (Lipinski definition) is 1. The second-order valence-electron chi connectivity index (χ2n) is 4.88. The minimum Gasteiger partial charge on any atom is -0.369 e. The summed E-state index contributed by atoms with van der Waals surface area (Å²) in [6, 6.07) is 2.21. The molecule has 0 aliphatic heterocycles. The van der Waals surface area contributed by atoms with Gasteiger partial charge in [0.15, 0.2) is 6.10 Å². The Morgan fingerprint density at radius 2 is 1.95 bits per heavy atom. The van der Waals surface area contributed by atoms with Crippen LogP contribution in [-0.4, -0.2) is 31.0 Å². The number of alkyl halides is 3. The maximum Gasteiger partial charge on any atom is 0.414 e. The SMILES string of the molecule is CCCNC(C)(C#N)CCCCOC(C)C(F)(F)F. The highest BCUT2D eigenvalue weighted by molar-refractivity contribution is 5.03. The molecule has 2 unspecified atom stereocenters. The second kappa shape index (κ2) is 8.39. The van der Waals surface area contributed by atoms with Crippen molar-refractivity contribution < 1.29 is 17.9 Å². The van der Waals surface area contributed by atoms with Gasteiger partial charge in [0.05, 0.1) is 6.07 Å². The average molecular weight is 280 g/mol. The van der Waals surface area contributed by atoms with E-state index in [1.54, 1.807) is 0 Å². The Labute approximate surface area is 113 Å². The number of halogens is 3. The lowest BCUT2D eigenvalue weighted by atomic mass is 9.96. The Morgan fingerprint density at radius 3 is 2.42 bits per heavy atom. The van der Waals surface area contributed by atoms with E-state index in [9.17, 15) is 13.2 Å². The van der Waals surface area contributed by atoms with Crippen molar-refractivity contribution in [3.63, 3.8) is 0 Å². The van der Waals surface area contributed by atoms with Gasteiger partial charge in [-0.3, -0.25) is 5.32 Å². The first-order chi connectivity index (χ1) is 8.75. The fourth-order valence-corrected chi connectivity index (χ4v) is 1.52. The normalized spacial score (nSPS) is 16.7. The van der Waals surface area contributed by atoms with Crippen molar-refractivity contribution in [2.24, 2.45) is 0 Å². The summed E-state index contributed by atoms with van der Waals surface area (Å²) in [5, 5.41) is 12.2. The summed E-state index contributed by atoms with van der Waals surface area (Å²) in [6.45, 7) is 5.64. The number of nitrogens with one attached hydrogen (secondary N) is 1. The molecule has 0 fully saturated rings. The third kappa shape index (κ3) is 8.06. The summed E-state index contributed by atoms with van der Waals surface area (Å²) in [7, 11) is 0. The van der Waals surface area contributed by atoms with Gasteiger partial charge < -0.3 is 4.74 Å². The number of ether oxygens (including phenoxy) is 1. The van der Waals surface area contributed by atoms with Crippen LogP contribution in [-0.2, 0) is 4.74 Å². The zero-order chi connectivity index (χ0) is 14.9. The first-order valence-electron chi connectivity index (χ1n) is 6.60. The molecule has 112 valence electrons. The number of unbranched alkanes of at least 4 members (excludes halogenated alkanes) is 1. The lowest BCUT2D eigenvalue weighted by Crippen LogP contribution is -2.41. The molecule has 0 aliphatic carbocycles. The van der Waals surface area contributed by atoms with Crippen LogP contribution in [0.15, 0.2) is 0 Å². The summed E-state index contributed by atoms with van der Waals surface area (Å²) in [5.41, 5.74) is -0.606. The number of nitrogens with zero attached hydrogens (tertiary/aromatic N) is 1. The Hall–Kier alpha value is -0.800. The van der Waals surface area contributed by atoms with E-state index in [1.807, 2.05) is 13.8 Å². The smallest absolute Gasteiger partial charge is 0.369 e. The van der Waals surface area contributed by atoms with Crippen molar-refractivity contribution in [2.75, 3.05) is 13.2 Å². The standard InChI is InChI=1S/C13H23F3N2O/c1-4-8-18-12(3,10-17)7-5-6-9-19-11(2)13(14,15)16/h11,18H,4-9H2,1-3H3. The van der Waals surface area contributed by atoms with E-state index < -0.39 is 17.8 Å². The topological polar surface area (TPSA) is 45.0 Å². The predicted molar refractivity (Wildman–Crippen MR) is 67.6 cm³/mol. The largest absolute Gasteiger partial charge is 0.414 e. The van der Waals surface area contributed by atoms with Gasteiger partial charge in [0, 0.05) is 6.61 Å². The molecule has 0 aromatic rings. The molecule has 1 N–H and O–H groups in total. The Morgan fingerprint density at radius 1 is 1.32 bits per heavy atom. The molecule has 0 aromatic heterocycles. The van der Waals surface area contributed by atoms with Gasteiger partial charge >= 0.3 is 6.18 Å². The summed E-state index contributed by atoms with van der Waals surface area (Å²) in [5.74, 6) is 0. The van der Waals surface area contributed by atoms with Crippen molar-refractivity contribution in [3.8, 4) is 6.07 Å². The van der Waals surface area contributed by atoms with E-state index in [1.165, 1.54) is 0 Å². The third-order valence-corrected chi connectivity index (χ3v) is 2.91. The van der Waals surface area contributed by atoms with Gasteiger partial charge in [-0.1, -0.05) is 6.92 Å². The predicted octanol–water partition coefficient (Wildman–Crippen LogP) is 3.41. The van der Waals surface area contributed by atoms with Crippen LogP contribution < -0.4 is 5.32 Å². The minimum atomic E-state index is -4.30. The van der Waals surface area contributed by atoms with E-state index in [0.29, 0.717) is 19.3 Å². The fraction of sp³-hybridized carbons (Fsp3) is 0.923. The van der Waals surface area contributed by atoms with E-state index in [-0.39, 0.29) is 6.61 Å². The molecule has 0 spiro atoms. The average Bonchev–Trinajstić information content (AvgIpc) is 2.34. The molecular formula is C13H23F3N2O. The van der Waals surface area contributed by atoms with Gasteiger partial charge in [0.25, 0.3) is 0 Å². The van der Waals surface area contributed by atoms with Crippen LogP contribution >= 0.6 is 0 Å². The second-order valence-corrected chi connectivity index (χ2v) is 4.88. The van der Waals surface area contributed by atoms with Crippen LogP contribution in [0.1, 0.15) is 46.5 Å². The summed E-state index contributed by atoms with van der Waals surface area (Å²) in [6.07, 6.45) is -3.31. The molecule has 2 atom stereocenters. The van der Waals surface area contributed by atoms with E-state index in [4.69, 9.17) is 10.00 Å². The molecule has 0 saturated carbocycles. The quantitative estimate of drug-likeness (QED) is 0.658. The van der Waals surface area contributed by atoms with Gasteiger partial charge in [-0.25, -0.2) is 0 Å². The molecule has 0 amide bonds. The lowest BCUT2D eigenvalue weighted by molar-refractivity contribution is -0.214. The number of hydrogen-bond acceptors (Lipinski definition) is 3. The van der Waals surface area contributed by atoms with Crippen LogP contribution in [0.4, 0.5) is 13.2 Å². The Balaban J connectivity index is 3.82. The molecule has 3 nitrogen and oxygen atoms in total. The molecule has 0 heterocycles. The van der Waals surface area contributed by atoms with Gasteiger partial charge in [-0.05, 0) is 46.1 Å². The summed E-state index contributed by atoms with van der Waals surface area (Å²) < 4.78 is 41.2. The van der Waals surface area contributed by atoms with Crippen LogP contribution in [0.2, 0.25) is 0 Å². The first kappa shape index (κ1) is 18.2. The van der Waals surface area contributed by atoms with Crippen molar-refractivity contribution in [1.82, 2.24) is 5.32 Å². The van der Waals surface area contributed by atoms with E-state index in [0.717, 1.165) is 19.9 Å². The van der Waals surface area contributed by atoms with E-state index >= 15 is 0 Å². The fourth-order valence-electron chi connectivity index (χ4n) is 1.52. The highest BCUT2D eigenvalue weighted by atomic mass is 19.4. The molecule has 0 aromatic carbocycles. The summed E-state index contributed by atoms with van der Waals surface area (Å²) in [4.78, 5) is 0. The molecule has 0 rings (SSSR count). The molecule has 19 heavy (non-hydrogen) atoms. The van der Waals surface area contributed by atoms with Gasteiger partial charge in [-0.15, -0.1) is 0 Å². The van der Waals surface area contributed by atoms with E-state index in [2.05, 4.69) is 11.4 Å². The molecular weight excluding hydrogens is 257 g/mol. The molecule has 0 aliphatic rings. The van der Waals surface area contributed by atoms with Crippen LogP contribution in [0.25, 0.3) is 0 Å². The van der Waals surface area contributed by atoms with Crippen LogP contribution in [0.5, 0.6) is 0 Å². The van der Waals surface area contributed by atoms with Crippen molar-refractivity contribution in [1.29, 1.82) is 5.26 Å². The lowest BCUT2D eigenvalue weighted by Gasteiger charge is -2.23. The van der Waals surface area contributed by atoms with Crippen molar-refractivity contribution >= 4 is 0 Å². The van der Waals surface area contributed by atoms with Crippen molar-refractivity contribution in [2.45, 2.75) is 64.3 Å². The van der Waals surface area contributed by atoms with Gasteiger partial charge in [-0.2, -0.15) is 18.4 Å². The molecule has 6 heteroatoms. The highest BCUT2D eigenvalue weighted by Gasteiger charge is 2.36. The maximum absolute atomic E-state index is 12.2. The molecule has 0 bridgehead atoms. The maximum atomic E-state index is 12.2. The zero-order valence-electron chi connectivity index (χ0n) is 11.8. The number of rotatable bonds is 9. The number of nitriles is 1.